The quantitative estimate of drug-likeness (QED) is 0.276. The summed E-state index contributed by atoms with van der Waals surface area (Å²) in [5.74, 6) is -0.451. The first-order valence-electron chi connectivity index (χ1n) is 13.2. The Morgan fingerprint density at radius 1 is 0.951 bits per heavy atom. The molecule has 0 aliphatic heterocycles. The van der Waals surface area contributed by atoms with E-state index in [9.17, 15) is 19.5 Å². The molecule has 10 nitrogen and oxygen atoms in total. The van der Waals surface area contributed by atoms with Gasteiger partial charge in [0.05, 0.1) is 29.2 Å². The molecule has 0 saturated carbocycles. The number of nitrogens with one attached hydrogen (secondary N) is 2. The van der Waals surface area contributed by atoms with Crippen LogP contribution in [0.15, 0.2) is 82.6 Å². The van der Waals surface area contributed by atoms with Gasteiger partial charge >= 0.3 is 0 Å². The van der Waals surface area contributed by atoms with Gasteiger partial charge in [-0.2, -0.15) is 0 Å². The number of nitrogens with zero attached hydrogens (tertiary/aromatic N) is 4. The van der Waals surface area contributed by atoms with Crippen LogP contribution in [-0.2, 0) is 16.8 Å². The number of benzene rings is 1. The largest absolute Gasteiger partial charge is 0.384 e. The normalized spacial score (nSPS) is 11.7. The van der Waals surface area contributed by atoms with E-state index in [-0.39, 0.29) is 34.9 Å². The zero-order valence-electron chi connectivity index (χ0n) is 23.2. The molecule has 5 aromatic rings. The zero-order valence-corrected chi connectivity index (χ0v) is 23.2. The minimum absolute atomic E-state index is 0.0148. The van der Waals surface area contributed by atoms with Gasteiger partial charge in [0.15, 0.2) is 11.2 Å². The van der Waals surface area contributed by atoms with Gasteiger partial charge in [-0.3, -0.25) is 19.4 Å². The summed E-state index contributed by atoms with van der Waals surface area (Å²) in [5, 5.41) is 12.9. The predicted molar refractivity (Wildman–Crippen MR) is 157 cm³/mol. The van der Waals surface area contributed by atoms with Gasteiger partial charge in [-0.25, -0.2) is 9.97 Å². The Morgan fingerprint density at radius 2 is 1.68 bits per heavy atom. The summed E-state index contributed by atoms with van der Waals surface area (Å²) in [4.78, 5) is 55.6. The maximum absolute atomic E-state index is 13.5. The number of aromatic nitrogens is 5. The van der Waals surface area contributed by atoms with Crippen molar-refractivity contribution in [3.63, 3.8) is 0 Å². The van der Waals surface area contributed by atoms with Crippen LogP contribution in [0.3, 0.4) is 0 Å². The second-order valence-electron chi connectivity index (χ2n) is 10.6. The van der Waals surface area contributed by atoms with Crippen LogP contribution in [0.5, 0.6) is 0 Å². The molecular formula is C31H30N6O4. The number of amides is 1. The SMILES string of the molecule is CC(C)n1cc(-c2nc3c(=O)c(NC(=O)Cc4cccc(C(C)(C)O)n4)c[nH]c3nc2-c2ccccc2)ccc1=O. The van der Waals surface area contributed by atoms with Crippen molar-refractivity contribution in [3.8, 4) is 22.5 Å². The minimum atomic E-state index is -1.15. The van der Waals surface area contributed by atoms with Gasteiger partial charge in [0.25, 0.3) is 5.56 Å². The number of hydrogen-bond donors (Lipinski definition) is 3. The van der Waals surface area contributed by atoms with Crippen molar-refractivity contribution in [3.05, 3.63) is 105 Å². The Balaban J connectivity index is 1.56. The number of carbonyl (C=O) groups excluding carboxylic acids is 1. The first kappa shape index (κ1) is 27.6. The van der Waals surface area contributed by atoms with Gasteiger partial charge < -0.3 is 20.0 Å². The van der Waals surface area contributed by atoms with E-state index < -0.39 is 16.9 Å². The summed E-state index contributed by atoms with van der Waals surface area (Å²) in [6, 6.07) is 17.6. The van der Waals surface area contributed by atoms with E-state index >= 15 is 0 Å². The summed E-state index contributed by atoms with van der Waals surface area (Å²) in [6.45, 7) is 7.05. The summed E-state index contributed by atoms with van der Waals surface area (Å²) in [7, 11) is 0. The fourth-order valence-corrected chi connectivity index (χ4v) is 4.44. The zero-order chi connectivity index (χ0) is 29.3. The monoisotopic (exact) mass is 550 g/mol. The molecule has 208 valence electrons. The Kier molecular flexibility index (Phi) is 7.34. The average Bonchev–Trinajstić information content (AvgIpc) is 2.94. The highest BCUT2D eigenvalue weighted by molar-refractivity contribution is 5.94. The van der Waals surface area contributed by atoms with Crippen LogP contribution in [0.1, 0.15) is 45.1 Å². The van der Waals surface area contributed by atoms with Crippen LogP contribution in [0.2, 0.25) is 0 Å². The summed E-state index contributed by atoms with van der Waals surface area (Å²) in [6.07, 6.45) is 3.01. The predicted octanol–water partition coefficient (Wildman–Crippen LogP) is 4.20. The van der Waals surface area contributed by atoms with Gasteiger partial charge in [-0.1, -0.05) is 36.4 Å². The Labute approximate surface area is 235 Å². The molecular weight excluding hydrogens is 520 g/mol. The van der Waals surface area contributed by atoms with E-state index in [4.69, 9.17) is 9.97 Å². The fraction of sp³-hybridized carbons (Fsp3) is 0.226. The molecule has 1 aromatic carbocycles. The first-order chi connectivity index (χ1) is 19.5. The molecule has 4 aromatic heterocycles. The van der Waals surface area contributed by atoms with Crippen molar-refractivity contribution in [2.45, 2.75) is 45.8 Å². The fourth-order valence-electron chi connectivity index (χ4n) is 4.44. The highest BCUT2D eigenvalue weighted by atomic mass is 16.3. The number of aliphatic hydroxyl groups is 1. The maximum Gasteiger partial charge on any atom is 0.250 e. The molecule has 0 bridgehead atoms. The van der Waals surface area contributed by atoms with E-state index in [2.05, 4.69) is 15.3 Å². The lowest BCUT2D eigenvalue weighted by molar-refractivity contribution is -0.115. The number of rotatable bonds is 7. The maximum atomic E-state index is 13.5. The van der Waals surface area contributed by atoms with Crippen molar-refractivity contribution >= 4 is 22.8 Å². The number of pyridine rings is 3. The van der Waals surface area contributed by atoms with Crippen LogP contribution < -0.4 is 16.3 Å². The summed E-state index contributed by atoms with van der Waals surface area (Å²) >= 11 is 0. The molecule has 0 aliphatic carbocycles. The van der Waals surface area contributed by atoms with Gasteiger partial charge in [0, 0.05) is 35.6 Å². The van der Waals surface area contributed by atoms with Crippen LogP contribution in [-0.4, -0.2) is 35.5 Å². The van der Waals surface area contributed by atoms with Gasteiger partial charge in [-0.15, -0.1) is 0 Å². The lowest BCUT2D eigenvalue weighted by Crippen LogP contribution is -2.23. The molecule has 3 N–H and O–H groups in total. The standard InChI is InChI=1S/C31H30N6O4/c1-18(2)37-17-20(13-14-25(37)39)27-26(19-9-6-5-7-10-19)36-30-28(35-27)29(40)22(16-32-30)34-24(38)15-21-11-8-12-23(33-21)31(3,4)41/h5-14,16-18,41H,15H2,1-4H3,(H,34,38)(H,32,36,40). The third-order valence-corrected chi connectivity index (χ3v) is 6.57. The number of aromatic amines is 1. The second kappa shape index (κ2) is 10.9. The number of anilines is 1. The van der Waals surface area contributed by atoms with Crippen molar-refractivity contribution in [2.24, 2.45) is 0 Å². The molecule has 41 heavy (non-hydrogen) atoms. The third kappa shape index (κ3) is 5.82. The van der Waals surface area contributed by atoms with Crippen LogP contribution in [0, 0.1) is 0 Å². The molecule has 5 rings (SSSR count). The third-order valence-electron chi connectivity index (χ3n) is 6.57. The van der Waals surface area contributed by atoms with E-state index in [1.54, 1.807) is 48.9 Å². The van der Waals surface area contributed by atoms with E-state index in [1.807, 2.05) is 44.2 Å². The molecule has 0 spiro atoms. The molecule has 0 fully saturated rings. The highest BCUT2D eigenvalue weighted by Gasteiger charge is 2.20. The molecule has 0 atom stereocenters. The van der Waals surface area contributed by atoms with E-state index in [0.717, 1.165) is 5.56 Å². The molecule has 0 radical (unpaired) electrons. The Morgan fingerprint density at radius 3 is 2.39 bits per heavy atom. The second-order valence-corrected chi connectivity index (χ2v) is 10.6. The topological polar surface area (TPSA) is 143 Å². The van der Waals surface area contributed by atoms with Crippen LogP contribution >= 0.6 is 0 Å². The van der Waals surface area contributed by atoms with Crippen LogP contribution in [0.4, 0.5) is 5.69 Å². The van der Waals surface area contributed by atoms with Crippen LogP contribution in [0.25, 0.3) is 33.7 Å². The minimum Gasteiger partial charge on any atom is -0.384 e. The number of H-pyrrole nitrogens is 1. The van der Waals surface area contributed by atoms with Crippen molar-refractivity contribution in [1.82, 2.24) is 24.5 Å². The van der Waals surface area contributed by atoms with Crippen molar-refractivity contribution in [1.29, 1.82) is 0 Å². The molecule has 1 amide bonds. The van der Waals surface area contributed by atoms with E-state index in [0.29, 0.717) is 28.3 Å². The highest BCUT2D eigenvalue weighted by Crippen LogP contribution is 2.30. The van der Waals surface area contributed by atoms with Gasteiger partial charge in [0.1, 0.15) is 11.3 Å². The van der Waals surface area contributed by atoms with Gasteiger partial charge in [0.2, 0.25) is 11.3 Å². The molecule has 0 saturated heterocycles. The number of carbonyl (C=O) groups is 1. The smallest absolute Gasteiger partial charge is 0.250 e. The number of fused-ring (bicyclic) bond motifs is 1. The Hall–Kier alpha value is -4.96. The van der Waals surface area contributed by atoms with Crippen molar-refractivity contribution in [2.75, 3.05) is 5.32 Å². The lowest BCUT2D eigenvalue weighted by Gasteiger charge is -2.17. The molecule has 4 heterocycles. The van der Waals surface area contributed by atoms with Crippen molar-refractivity contribution < 1.29 is 9.90 Å². The molecule has 0 aliphatic rings. The lowest BCUT2D eigenvalue weighted by atomic mass is 10.0. The van der Waals surface area contributed by atoms with Gasteiger partial charge in [-0.05, 0) is 45.9 Å². The number of hydrogen-bond acceptors (Lipinski definition) is 7. The average molecular weight is 551 g/mol. The summed E-state index contributed by atoms with van der Waals surface area (Å²) < 4.78 is 1.60. The van der Waals surface area contributed by atoms with E-state index in [1.165, 1.54) is 12.3 Å². The first-order valence-corrected chi connectivity index (χ1v) is 13.2. The molecule has 10 heteroatoms. The summed E-state index contributed by atoms with van der Waals surface area (Å²) in [5.41, 5.74) is 1.78. The molecule has 0 unspecified atom stereocenters. The Bertz CT molecular complexity index is 1870.